The fourth-order valence-corrected chi connectivity index (χ4v) is 2.05. The first kappa shape index (κ1) is 14.9. The van der Waals surface area contributed by atoms with Crippen LogP contribution in [0.15, 0.2) is 41.0 Å². The molecular weight excluding hydrogens is 264 g/mol. The molecule has 1 unspecified atom stereocenters. The van der Waals surface area contributed by atoms with Crippen LogP contribution in [-0.4, -0.2) is 12.5 Å². The van der Waals surface area contributed by atoms with Crippen molar-refractivity contribution in [2.24, 2.45) is 5.73 Å². The number of carbonyl (C=O) groups excluding carboxylic acids is 1. The Morgan fingerprint density at radius 3 is 2.86 bits per heavy atom. The minimum Gasteiger partial charge on any atom is -0.467 e. The number of amides is 1. The number of hydrogen-bond donors (Lipinski definition) is 2. The summed E-state index contributed by atoms with van der Waals surface area (Å²) in [5, 5.41) is 2.92. The van der Waals surface area contributed by atoms with Crippen LogP contribution in [0.5, 0.6) is 0 Å². The quantitative estimate of drug-likeness (QED) is 0.849. The van der Waals surface area contributed by atoms with E-state index in [0.29, 0.717) is 12.1 Å². The van der Waals surface area contributed by atoms with Gasteiger partial charge in [-0.25, -0.2) is 0 Å². The van der Waals surface area contributed by atoms with E-state index in [9.17, 15) is 4.79 Å². The third-order valence-electron chi connectivity index (χ3n) is 3.22. The number of furan rings is 1. The first-order chi connectivity index (χ1) is 10.1. The van der Waals surface area contributed by atoms with E-state index in [-0.39, 0.29) is 11.9 Å². The zero-order chi connectivity index (χ0) is 15.2. The molecule has 21 heavy (non-hydrogen) atoms. The van der Waals surface area contributed by atoms with E-state index in [1.165, 1.54) is 0 Å². The maximum Gasteiger partial charge on any atom is 0.252 e. The summed E-state index contributed by atoms with van der Waals surface area (Å²) >= 11 is 0. The van der Waals surface area contributed by atoms with Crippen LogP contribution in [0.25, 0.3) is 0 Å². The minimum atomic E-state index is -0.189. The third kappa shape index (κ3) is 3.53. The van der Waals surface area contributed by atoms with Crippen molar-refractivity contribution in [1.29, 1.82) is 0 Å². The fourth-order valence-electron chi connectivity index (χ4n) is 2.05. The van der Waals surface area contributed by atoms with Crippen molar-refractivity contribution in [2.45, 2.75) is 19.9 Å². The van der Waals surface area contributed by atoms with Crippen molar-refractivity contribution in [3.05, 3.63) is 59.0 Å². The van der Waals surface area contributed by atoms with Crippen LogP contribution < -0.4 is 11.1 Å². The van der Waals surface area contributed by atoms with Crippen molar-refractivity contribution in [3.8, 4) is 11.8 Å². The summed E-state index contributed by atoms with van der Waals surface area (Å²) in [5.74, 6) is 6.36. The number of benzene rings is 1. The van der Waals surface area contributed by atoms with Crippen LogP contribution in [0.2, 0.25) is 0 Å². The van der Waals surface area contributed by atoms with Crippen LogP contribution >= 0.6 is 0 Å². The van der Waals surface area contributed by atoms with Crippen molar-refractivity contribution < 1.29 is 9.21 Å². The molecule has 108 valence electrons. The van der Waals surface area contributed by atoms with Crippen LogP contribution in [0.4, 0.5) is 0 Å². The van der Waals surface area contributed by atoms with Crippen LogP contribution in [0.3, 0.4) is 0 Å². The standard InChI is InChI=1S/C17H18N2O2/c1-12-14(7-4-10-18)6-3-8-15(12)17(20)19-13(2)16-9-5-11-21-16/h3,5-6,8-9,11,13H,10,18H2,1-2H3,(H,19,20). The average molecular weight is 282 g/mol. The molecule has 3 N–H and O–H groups in total. The highest BCUT2D eigenvalue weighted by Crippen LogP contribution is 2.16. The van der Waals surface area contributed by atoms with Crippen molar-refractivity contribution in [3.63, 3.8) is 0 Å². The van der Waals surface area contributed by atoms with Crippen molar-refractivity contribution in [2.75, 3.05) is 6.54 Å². The molecule has 0 aliphatic heterocycles. The Hall–Kier alpha value is -2.51. The molecule has 1 heterocycles. The van der Waals surface area contributed by atoms with Crippen molar-refractivity contribution >= 4 is 5.91 Å². The van der Waals surface area contributed by atoms with Gasteiger partial charge in [-0.2, -0.15) is 0 Å². The Bertz CT molecular complexity index is 679. The summed E-state index contributed by atoms with van der Waals surface area (Å²) in [7, 11) is 0. The lowest BCUT2D eigenvalue weighted by molar-refractivity contribution is 0.0934. The maximum atomic E-state index is 12.4. The SMILES string of the molecule is Cc1c(C#CCN)cccc1C(=O)NC(C)c1ccco1. The molecule has 0 spiro atoms. The molecule has 0 radical (unpaired) electrons. The highest BCUT2D eigenvalue weighted by atomic mass is 16.3. The maximum absolute atomic E-state index is 12.4. The van der Waals surface area contributed by atoms with Crippen LogP contribution in [-0.2, 0) is 0 Å². The lowest BCUT2D eigenvalue weighted by Crippen LogP contribution is -2.27. The second kappa shape index (κ2) is 6.78. The smallest absolute Gasteiger partial charge is 0.252 e. The molecule has 1 atom stereocenters. The summed E-state index contributed by atoms with van der Waals surface area (Å²) in [5.41, 5.74) is 7.66. The Morgan fingerprint density at radius 2 is 2.19 bits per heavy atom. The van der Waals surface area contributed by atoms with Gasteiger partial charge in [-0.15, -0.1) is 0 Å². The number of rotatable bonds is 3. The minimum absolute atomic E-state index is 0.146. The predicted octanol–water partition coefficient (Wildman–Crippen LogP) is 2.39. The lowest BCUT2D eigenvalue weighted by Gasteiger charge is -2.13. The highest BCUT2D eigenvalue weighted by molar-refractivity contribution is 5.96. The number of nitrogens with two attached hydrogens (primary N) is 1. The number of hydrogen-bond acceptors (Lipinski definition) is 3. The summed E-state index contributed by atoms with van der Waals surface area (Å²) in [4.78, 5) is 12.4. The summed E-state index contributed by atoms with van der Waals surface area (Å²) in [6.45, 7) is 4.06. The third-order valence-corrected chi connectivity index (χ3v) is 3.22. The van der Waals surface area contributed by atoms with Gasteiger partial charge >= 0.3 is 0 Å². The predicted molar refractivity (Wildman–Crippen MR) is 81.7 cm³/mol. The molecule has 0 aliphatic rings. The molecule has 4 heteroatoms. The Kier molecular flexibility index (Phi) is 4.81. The molecule has 0 bridgehead atoms. The summed E-state index contributed by atoms with van der Waals surface area (Å²) in [6.07, 6.45) is 1.59. The zero-order valence-corrected chi connectivity index (χ0v) is 12.1. The molecule has 1 aromatic heterocycles. The van der Waals surface area contributed by atoms with Gasteiger partial charge in [-0.3, -0.25) is 4.79 Å². The molecule has 4 nitrogen and oxygen atoms in total. The van der Waals surface area contributed by atoms with E-state index in [0.717, 1.165) is 16.9 Å². The second-order valence-electron chi connectivity index (χ2n) is 4.69. The van der Waals surface area contributed by atoms with Gasteiger partial charge in [0, 0.05) is 11.1 Å². The molecule has 2 aromatic rings. The zero-order valence-electron chi connectivity index (χ0n) is 12.1. The van der Waals surface area contributed by atoms with E-state index >= 15 is 0 Å². The van der Waals surface area contributed by atoms with Gasteiger partial charge < -0.3 is 15.5 Å². The second-order valence-corrected chi connectivity index (χ2v) is 4.69. The van der Waals surface area contributed by atoms with Crippen LogP contribution in [0, 0.1) is 18.8 Å². The van der Waals surface area contributed by atoms with Gasteiger partial charge in [0.25, 0.3) is 5.91 Å². The summed E-state index contributed by atoms with van der Waals surface area (Å²) < 4.78 is 5.29. The van der Waals surface area contributed by atoms with Gasteiger partial charge in [0.05, 0.1) is 18.8 Å². The van der Waals surface area contributed by atoms with Gasteiger partial charge in [-0.1, -0.05) is 17.9 Å². The Morgan fingerprint density at radius 1 is 1.38 bits per heavy atom. The Labute approximate surface area is 124 Å². The molecular formula is C17H18N2O2. The molecule has 0 fully saturated rings. The van der Waals surface area contributed by atoms with Crippen LogP contribution in [0.1, 0.15) is 40.2 Å². The van der Waals surface area contributed by atoms with Gasteiger partial charge in [-0.05, 0) is 43.7 Å². The molecule has 0 aliphatic carbocycles. The number of carbonyl (C=O) groups is 1. The summed E-state index contributed by atoms with van der Waals surface area (Å²) in [6, 6.07) is 8.93. The normalized spacial score (nSPS) is 11.4. The Balaban J connectivity index is 2.19. The van der Waals surface area contributed by atoms with Gasteiger partial charge in [0.2, 0.25) is 0 Å². The lowest BCUT2D eigenvalue weighted by atomic mass is 10.0. The first-order valence-electron chi connectivity index (χ1n) is 6.76. The topological polar surface area (TPSA) is 68.3 Å². The number of nitrogens with one attached hydrogen (secondary N) is 1. The largest absolute Gasteiger partial charge is 0.467 e. The van der Waals surface area contributed by atoms with E-state index < -0.39 is 0 Å². The molecule has 0 saturated heterocycles. The van der Waals surface area contributed by atoms with E-state index in [4.69, 9.17) is 10.2 Å². The highest BCUT2D eigenvalue weighted by Gasteiger charge is 2.15. The molecule has 1 amide bonds. The monoisotopic (exact) mass is 282 g/mol. The average Bonchev–Trinajstić information content (AvgIpc) is 3.00. The van der Waals surface area contributed by atoms with Crippen molar-refractivity contribution in [1.82, 2.24) is 5.32 Å². The molecule has 2 rings (SSSR count). The fraction of sp³-hybridized carbons (Fsp3) is 0.235. The van der Waals surface area contributed by atoms with E-state index in [1.54, 1.807) is 18.4 Å². The van der Waals surface area contributed by atoms with Gasteiger partial charge in [0.1, 0.15) is 5.76 Å². The molecule has 0 saturated carbocycles. The molecule has 1 aromatic carbocycles. The van der Waals surface area contributed by atoms with E-state index in [2.05, 4.69) is 17.2 Å². The van der Waals surface area contributed by atoms with Gasteiger partial charge in [0.15, 0.2) is 0 Å². The van der Waals surface area contributed by atoms with E-state index in [1.807, 2.05) is 32.0 Å². The first-order valence-corrected chi connectivity index (χ1v) is 6.76.